The molecule has 26 heavy (non-hydrogen) atoms. The standard InChI is InChI=1S/C20H29NO5/c1-13(23)20(2)12-21(19(24)10-22)9-17(20)16-7-6-15(25-3)8-18(16)26-11-14-4-5-14/h6-8,13-14,17,22-23H,4-5,9-12H2,1-3H3/t13-,17?,20?/m1/s1. The Morgan fingerprint density at radius 3 is 2.73 bits per heavy atom. The summed E-state index contributed by atoms with van der Waals surface area (Å²) in [6, 6.07) is 5.74. The summed E-state index contributed by atoms with van der Waals surface area (Å²) >= 11 is 0. The summed E-state index contributed by atoms with van der Waals surface area (Å²) in [5.41, 5.74) is 0.458. The number of carbonyl (C=O) groups excluding carboxylic acids is 1. The molecule has 144 valence electrons. The summed E-state index contributed by atoms with van der Waals surface area (Å²) in [5, 5.41) is 19.7. The minimum absolute atomic E-state index is 0.0851. The van der Waals surface area contributed by atoms with Gasteiger partial charge in [0.25, 0.3) is 0 Å². The van der Waals surface area contributed by atoms with Crippen LogP contribution >= 0.6 is 0 Å². The third kappa shape index (κ3) is 3.67. The van der Waals surface area contributed by atoms with Gasteiger partial charge < -0.3 is 24.6 Å². The van der Waals surface area contributed by atoms with Crippen LogP contribution in [0.3, 0.4) is 0 Å². The summed E-state index contributed by atoms with van der Waals surface area (Å²) in [6.07, 6.45) is 1.79. The Hall–Kier alpha value is -1.79. The van der Waals surface area contributed by atoms with Gasteiger partial charge >= 0.3 is 0 Å². The molecule has 1 aromatic carbocycles. The lowest BCUT2D eigenvalue weighted by Gasteiger charge is -2.34. The largest absolute Gasteiger partial charge is 0.497 e. The number of nitrogens with zero attached hydrogens (tertiary/aromatic N) is 1. The van der Waals surface area contributed by atoms with Crippen LogP contribution in [0.4, 0.5) is 0 Å². The number of benzene rings is 1. The molecule has 0 spiro atoms. The van der Waals surface area contributed by atoms with Crippen LogP contribution in [0.25, 0.3) is 0 Å². The maximum atomic E-state index is 12.1. The molecule has 6 heteroatoms. The molecule has 2 aliphatic rings. The lowest BCUT2D eigenvalue weighted by Crippen LogP contribution is -2.38. The smallest absolute Gasteiger partial charge is 0.248 e. The van der Waals surface area contributed by atoms with E-state index in [2.05, 4.69) is 0 Å². The first-order valence-corrected chi connectivity index (χ1v) is 9.26. The third-order valence-electron chi connectivity index (χ3n) is 5.94. The molecule has 1 aliphatic carbocycles. The van der Waals surface area contributed by atoms with Crippen LogP contribution in [0.2, 0.25) is 0 Å². The van der Waals surface area contributed by atoms with Crippen LogP contribution in [-0.4, -0.2) is 60.5 Å². The lowest BCUT2D eigenvalue weighted by molar-refractivity contribution is -0.133. The molecule has 2 unspecified atom stereocenters. The Morgan fingerprint density at radius 2 is 2.15 bits per heavy atom. The van der Waals surface area contributed by atoms with Gasteiger partial charge in [0, 0.05) is 30.5 Å². The fraction of sp³-hybridized carbons (Fsp3) is 0.650. The highest BCUT2D eigenvalue weighted by atomic mass is 16.5. The molecular weight excluding hydrogens is 334 g/mol. The van der Waals surface area contributed by atoms with Crippen LogP contribution < -0.4 is 9.47 Å². The second-order valence-corrected chi connectivity index (χ2v) is 7.82. The van der Waals surface area contributed by atoms with E-state index in [9.17, 15) is 15.0 Å². The number of amides is 1. The number of aliphatic hydroxyl groups excluding tert-OH is 2. The van der Waals surface area contributed by atoms with Gasteiger partial charge in [0.2, 0.25) is 5.91 Å². The van der Waals surface area contributed by atoms with Gasteiger partial charge in [-0.15, -0.1) is 0 Å². The second kappa shape index (κ2) is 7.45. The third-order valence-corrected chi connectivity index (χ3v) is 5.94. The maximum absolute atomic E-state index is 12.1. The number of hydrogen-bond donors (Lipinski definition) is 2. The summed E-state index contributed by atoms with van der Waals surface area (Å²) in [5.74, 6) is 1.70. The van der Waals surface area contributed by atoms with Crippen LogP contribution in [0.1, 0.15) is 38.2 Å². The van der Waals surface area contributed by atoms with Crippen molar-refractivity contribution in [2.75, 3.05) is 33.4 Å². The molecule has 3 atom stereocenters. The van der Waals surface area contributed by atoms with E-state index in [1.54, 1.807) is 18.9 Å². The molecule has 0 radical (unpaired) electrons. The predicted molar refractivity (Wildman–Crippen MR) is 97.4 cm³/mol. The maximum Gasteiger partial charge on any atom is 0.248 e. The lowest BCUT2D eigenvalue weighted by atomic mass is 9.72. The van der Waals surface area contributed by atoms with E-state index >= 15 is 0 Å². The molecule has 0 aromatic heterocycles. The van der Waals surface area contributed by atoms with E-state index in [4.69, 9.17) is 9.47 Å². The monoisotopic (exact) mass is 363 g/mol. The molecule has 2 N–H and O–H groups in total. The Morgan fingerprint density at radius 1 is 1.42 bits per heavy atom. The van der Waals surface area contributed by atoms with E-state index in [1.807, 2.05) is 25.1 Å². The van der Waals surface area contributed by atoms with Gasteiger partial charge in [-0.25, -0.2) is 0 Å². The van der Waals surface area contributed by atoms with Crippen molar-refractivity contribution in [1.29, 1.82) is 0 Å². The Bertz CT molecular complexity index is 658. The average Bonchev–Trinajstić information content (AvgIpc) is 3.40. The van der Waals surface area contributed by atoms with E-state index in [0.29, 0.717) is 25.6 Å². The van der Waals surface area contributed by atoms with E-state index in [0.717, 1.165) is 17.1 Å². The van der Waals surface area contributed by atoms with Crippen LogP contribution in [0.5, 0.6) is 11.5 Å². The summed E-state index contributed by atoms with van der Waals surface area (Å²) in [4.78, 5) is 13.7. The first-order chi connectivity index (χ1) is 12.4. The van der Waals surface area contributed by atoms with Gasteiger partial charge in [0.15, 0.2) is 0 Å². The van der Waals surface area contributed by atoms with Crippen LogP contribution in [-0.2, 0) is 4.79 Å². The predicted octanol–water partition coefficient (Wildman–Crippen LogP) is 1.79. The Balaban J connectivity index is 1.94. The Kier molecular flexibility index (Phi) is 5.44. The van der Waals surface area contributed by atoms with Crippen molar-refractivity contribution in [3.63, 3.8) is 0 Å². The van der Waals surface area contributed by atoms with Crippen molar-refractivity contribution in [2.45, 2.75) is 38.7 Å². The summed E-state index contributed by atoms with van der Waals surface area (Å²) < 4.78 is 11.4. The van der Waals surface area contributed by atoms with E-state index in [1.165, 1.54) is 12.8 Å². The van der Waals surface area contributed by atoms with E-state index < -0.39 is 18.1 Å². The van der Waals surface area contributed by atoms with Gasteiger partial charge in [-0.3, -0.25) is 4.79 Å². The topological polar surface area (TPSA) is 79.2 Å². The molecule has 1 heterocycles. The molecule has 1 saturated heterocycles. The highest BCUT2D eigenvalue weighted by Gasteiger charge is 2.49. The number of methoxy groups -OCH3 is 1. The highest BCUT2D eigenvalue weighted by Crippen LogP contribution is 2.48. The molecule has 1 amide bonds. The van der Waals surface area contributed by atoms with Crippen molar-refractivity contribution in [2.24, 2.45) is 11.3 Å². The Labute approximate surface area is 154 Å². The van der Waals surface area contributed by atoms with Crippen molar-refractivity contribution in [3.8, 4) is 11.5 Å². The fourth-order valence-electron chi connectivity index (χ4n) is 3.73. The number of ether oxygens (including phenoxy) is 2. The van der Waals surface area contributed by atoms with Crippen molar-refractivity contribution < 1.29 is 24.5 Å². The SMILES string of the molecule is COc1ccc(C2CN(C(=O)CO)CC2(C)[C@@H](C)O)c(OCC2CC2)c1. The minimum atomic E-state index is -0.609. The minimum Gasteiger partial charge on any atom is -0.497 e. The highest BCUT2D eigenvalue weighted by molar-refractivity contribution is 5.77. The number of rotatable bonds is 7. The van der Waals surface area contributed by atoms with Crippen molar-refractivity contribution in [1.82, 2.24) is 4.90 Å². The van der Waals surface area contributed by atoms with Crippen molar-refractivity contribution in [3.05, 3.63) is 23.8 Å². The molecule has 6 nitrogen and oxygen atoms in total. The zero-order valence-corrected chi connectivity index (χ0v) is 15.8. The van der Waals surface area contributed by atoms with E-state index in [-0.39, 0.29) is 11.8 Å². The number of aliphatic hydroxyl groups is 2. The second-order valence-electron chi connectivity index (χ2n) is 7.82. The molecule has 1 saturated carbocycles. The van der Waals surface area contributed by atoms with Gasteiger partial charge in [-0.1, -0.05) is 13.0 Å². The summed E-state index contributed by atoms with van der Waals surface area (Å²) in [7, 11) is 1.62. The molecule has 0 bridgehead atoms. The number of likely N-dealkylation sites (tertiary alicyclic amines) is 1. The van der Waals surface area contributed by atoms with Gasteiger partial charge in [0.05, 0.1) is 19.8 Å². The summed E-state index contributed by atoms with van der Waals surface area (Å²) in [6.45, 7) is 4.76. The van der Waals surface area contributed by atoms with Gasteiger partial charge in [0.1, 0.15) is 18.1 Å². The number of hydrogen-bond acceptors (Lipinski definition) is 5. The zero-order chi connectivity index (χ0) is 18.9. The van der Waals surface area contributed by atoms with Crippen LogP contribution in [0, 0.1) is 11.3 Å². The van der Waals surface area contributed by atoms with Gasteiger partial charge in [-0.05, 0) is 37.3 Å². The molecule has 2 fully saturated rings. The molecule has 3 rings (SSSR count). The van der Waals surface area contributed by atoms with Gasteiger partial charge in [-0.2, -0.15) is 0 Å². The number of carbonyl (C=O) groups is 1. The van der Waals surface area contributed by atoms with Crippen molar-refractivity contribution >= 4 is 5.91 Å². The molecule has 1 aliphatic heterocycles. The fourth-order valence-corrected chi connectivity index (χ4v) is 3.73. The average molecular weight is 363 g/mol. The normalized spacial score (nSPS) is 26.7. The quantitative estimate of drug-likeness (QED) is 0.772. The van der Waals surface area contributed by atoms with Crippen LogP contribution in [0.15, 0.2) is 18.2 Å². The molecular formula is C20H29NO5. The first kappa shape index (κ1) is 19.0. The zero-order valence-electron chi connectivity index (χ0n) is 15.8. The molecule has 1 aromatic rings. The first-order valence-electron chi connectivity index (χ1n) is 9.26.